The summed E-state index contributed by atoms with van der Waals surface area (Å²) in [5, 5.41) is 41.2. The topological polar surface area (TPSA) is 576 Å². The zero-order chi connectivity index (χ0) is 98.4. The van der Waals surface area contributed by atoms with Crippen LogP contribution in [0.1, 0.15) is 156 Å². The summed E-state index contributed by atoms with van der Waals surface area (Å²) in [5.41, 5.74) is 8.40. The van der Waals surface area contributed by atoms with Gasteiger partial charge in [0.2, 0.25) is 35.4 Å². The number of ether oxygens (including phenoxy) is 8. The summed E-state index contributed by atoms with van der Waals surface area (Å²) in [6.07, 6.45) is 0.285. The first-order chi connectivity index (χ1) is 61.9. The number of esters is 2. The van der Waals surface area contributed by atoms with Crippen molar-refractivity contribution in [3.63, 3.8) is 0 Å². The highest BCUT2D eigenvalue weighted by atomic mass is 35.5. The largest absolute Gasteiger partial charge is 0.513 e. The second-order valence-corrected chi connectivity index (χ2v) is 33.1. The molecule has 3 aliphatic rings. The van der Waals surface area contributed by atoms with Crippen LogP contribution in [-0.2, 0) is 107 Å². The van der Waals surface area contributed by atoms with Crippen molar-refractivity contribution >= 4 is 143 Å². The highest BCUT2D eigenvalue weighted by Crippen LogP contribution is 2.29. The summed E-state index contributed by atoms with van der Waals surface area (Å²) in [7, 11) is 9.79. The maximum Gasteiger partial charge on any atom is 0.513 e. The second-order valence-electron chi connectivity index (χ2n) is 32.8. The lowest BCUT2D eigenvalue weighted by molar-refractivity contribution is -0.385. The summed E-state index contributed by atoms with van der Waals surface area (Å²) < 4.78 is 48.5. The molecule has 11 rings (SSSR count). The number of carbonyl (C=O) groups is 13. The fourth-order valence-electron chi connectivity index (χ4n) is 12.6. The predicted molar refractivity (Wildman–Crippen MR) is 493 cm³/mol. The molecule has 4 atom stereocenters. The number of aliphatic hydroxyl groups excluding tert-OH is 1. The summed E-state index contributed by atoms with van der Waals surface area (Å²) in [4.78, 5) is 211. The van der Waals surface area contributed by atoms with Gasteiger partial charge in [-0.25, -0.2) is 38.4 Å². The molecule has 5 aromatic carbocycles. The van der Waals surface area contributed by atoms with Crippen molar-refractivity contribution in [3.05, 3.63) is 172 Å². The van der Waals surface area contributed by atoms with Crippen molar-refractivity contribution in [1.82, 2.24) is 63.8 Å². The third kappa shape index (κ3) is 34.7. The molecular formula is C87H118ClN16O29P. The van der Waals surface area contributed by atoms with Crippen LogP contribution in [-0.4, -0.2) is 220 Å². The van der Waals surface area contributed by atoms with E-state index in [4.69, 9.17) is 55.6 Å². The Labute approximate surface area is 777 Å². The first-order valence-electron chi connectivity index (χ1n) is 41.4. The zero-order valence-corrected chi connectivity index (χ0v) is 78.7. The van der Waals surface area contributed by atoms with Crippen LogP contribution in [0.25, 0.3) is 33.1 Å². The van der Waals surface area contributed by atoms with E-state index in [9.17, 15) is 96.9 Å². The molecule has 0 radical (unpaired) electrons. The number of rotatable bonds is 25. The maximum atomic E-state index is 12.8. The van der Waals surface area contributed by atoms with E-state index in [0.717, 1.165) is 22.2 Å². The molecule has 8 aromatic rings. The van der Waals surface area contributed by atoms with Gasteiger partial charge >= 0.3 is 58.9 Å². The number of aromatic nitrogens is 6. The fraction of sp³-hybridized carbons (Fsp3) is 0.471. The van der Waals surface area contributed by atoms with Gasteiger partial charge in [0.15, 0.2) is 0 Å². The average molecular weight is 1920 g/mol. The number of imidazole rings is 3. The van der Waals surface area contributed by atoms with Crippen LogP contribution in [0, 0.1) is 20.2 Å². The number of carbonyl (C=O) groups excluding carboxylic acids is 13. The number of halogens is 1. The minimum Gasteiger partial charge on any atom is -0.464 e. The normalized spacial score (nSPS) is 14.5. The lowest BCUT2D eigenvalue weighted by Gasteiger charge is -2.24. The SMILES string of the molecule is C.CC(C)(C)OC(=O)NCCO.CN(CCOC(=O)CCc1ccc2c(c1)n(C)c(=O)n2C1CCC(=O)NC1=O)C(=O)OC(C)(C)C.CN(CCOC(=O)Oc1ccc([N+](=O)[O-])cc1)C(=O)OC(C)(C)C.CNCCOC(=O)CCc1ccc2c(c1)n(C)c(=O)n2C1CCC(=O)NC1=O.Cn1c(=O)n(C2CCC(=O)NC2=O)c2ccc(CN)cc21.O=C(Cl)Oc1ccc([N+](=O)[O-])cc1.P. The van der Waals surface area contributed by atoms with Crippen molar-refractivity contribution in [1.29, 1.82) is 0 Å². The monoisotopic (exact) mass is 1920 g/mol. The van der Waals surface area contributed by atoms with Crippen molar-refractivity contribution in [2.75, 3.05) is 73.7 Å². The Morgan fingerprint density at radius 2 is 0.836 bits per heavy atom. The van der Waals surface area contributed by atoms with Gasteiger partial charge in [-0.3, -0.25) is 102 Å². The Balaban J connectivity index is 0.000000347. The van der Waals surface area contributed by atoms with Gasteiger partial charge in [0.05, 0.1) is 62.6 Å². The third-order valence-electron chi connectivity index (χ3n) is 19.1. The number of piperidine rings is 3. The molecule has 4 unspecified atom stereocenters. The number of fused-ring (bicyclic) bond motifs is 3. The van der Waals surface area contributed by atoms with Crippen LogP contribution in [0.15, 0.2) is 118 Å². The van der Waals surface area contributed by atoms with Crippen LogP contribution in [0.3, 0.4) is 0 Å². The number of hydrogen-bond acceptors (Lipinski definition) is 31. The molecule has 3 saturated heterocycles. The van der Waals surface area contributed by atoms with Gasteiger partial charge < -0.3 is 69.2 Å². The van der Waals surface area contributed by atoms with E-state index in [0.29, 0.717) is 73.0 Å². The first-order valence-corrected chi connectivity index (χ1v) is 41.8. The van der Waals surface area contributed by atoms with Crippen molar-refractivity contribution in [2.24, 2.45) is 26.9 Å². The van der Waals surface area contributed by atoms with Gasteiger partial charge in [-0.05, 0) is 179 Å². The quantitative estimate of drug-likeness (QED) is 0.00328. The molecule has 732 valence electrons. The zero-order valence-electron chi connectivity index (χ0n) is 76.5. The smallest absolute Gasteiger partial charge is 0.464 e. The number of benzene rings is 5. The molecule has 47 heteroatoms. The van der Waals surface area contributed by atoms with Crippen LogP contribution in [0.4, 0.5) is 35.3 Å². The number of aryl methyl sites for hydroxylation is 5. The molecule has 0 spiro atoms. The molecule has 0 aliphatic carbocycles. The standard InChI is InChI=1S/C24H32N4O7.C19H24N4O5.C15H20N2O7.C14H16N4O3.C7H4ClNO4.C7H15NO3.CH4.H3P/c1-24(2,3)35-23(33)26(4)12-13-34-20(30)11-7-15-6-8-16-18(14-15)27(5)22(32)28(16)17-9-10-19(29)25-21(17)31;1-20-9-10-28-17(25)8-4-12-3-5-13-15(11-12)22(2)19(27)23(13)14-6-7-16(24)21-18(14)26;1-15(2,3)24-13(18)16(4)9-10-22-14(19)23-12-7-5-11(6-8-12)17(20)21;1-17-11-6-8(7-15)2-3-9(11)18(14(17)21)10-4-5-12(19)16-13(10)20;8-7(10)13-6-3-1-5(2-4-6)9(11)12;1-7(2,3)11-6(10)8-4-5-9;;/h6,8,14,17H,7,9-13H2,1-5H3,(H,25,29,31);3,5,11,14,20H,4,6-10H2,1-2H3,(H,21,24,26);5-8H,9-10H2,1-4H3;2-3,6,10H,4-5,7,15H2,1H3,(H,16,19,20);1-4H;9H,4-5H2,1-3H3,(H,8,10);1H4;1H3. The number of alkyl carbamates (subject to hydrolysis) is 1. The van der Waals surface area contributed by atoms with E-state index in [-0.39, 0.29) is 159 Å². The van der Waals surface area contributed by atoms with E-state index in [1.54, 1.807) is 122 Å². The molecule has 9 amide bonds. The Bertz CT molecular complexity index is 5720. The average Bonchev–Trinajstić information content (AvgIpc) is 1.62. The summed E-state index contributed by atoms with van der Waals surface area (Å²) >= 11 is 4.92. The van der Waals surface area contributed by atoms with Crippen LogP contribution >= 0.6 is 21.5 Å². The molecule has 134 heavy (non-hydrogen) atoms. The van der Waals surface area contributed by atoms with Gasteiger partial charge in [-0.1, -0.05) is 25.6 Å². The Morgan fingerprint density at radius 1 is 0.500 bits per heavy atom. The molecule has 0 saturated carbocycles. The van der Waals surface area contributed by atoms with Crippen molar-refractivity contribution in [3.8, 4) is 11.5 Å². The van der Waals surface area contributed by atoms with Crippen LogP contribution in [0.2, 0.25) is 0 Å². The minimum absolute atomic E-state index is 0. The van der Waals surface area contributed by atoms with Gasteiger partial charge in [-0.15, -0.1) is 0 Å². The number of nitrogens with one attached hydrogen (secondary N) is 5. The van der Waals surface area contributed by atoms with Gasteiger partial charge in [0.1, 0.15) is 66.2 Å². The van der Waals surface area contributed by atoms with E-state index in [2.05, 4.69) is 31.3 Å². The molecular weight excluding hydrogens is 1800 g/mol. The van der Waals surface area contributed by atoms with Gasteiger partial charge in [0.25, 0.3) is 11.4 Å². The third-order valence-corrected chi connectivity index (χ3v) is 19.2. The number of non-ortho nitro benzene ring substituents is 2. The van der Waals surface area contributed by atoms with E-state index in [1.807, 2.05) is 30.3 Å². The summed E-state index contributed by atoms with van der Waals surface area (Å²) in [6.45, 7) is 17.7. The number of amides is 9. The Hall–Kier alpha value is -13.8. The molecule has 3 aliphatic heterocycles. The molecule has 3 aromatic heterocycles. The number of nitrogens with two attached hydrogens (primary N) is 1. The number of hydrogen-bond donors (Lipinski definition) is 7. The number of imide groups is 3. The second kappa shape index (κ2) is 51.9. The highest BCUT2D eigenvalue weighted by molar-refractivity contribution is 6.92. The molecule has 6 heterocycles. The van der Waals surface area contributed by atoms with E-state index >= 15 is 0 Å². The highest BCUT2D eigenvalue weighted by Gasteiger charge is 2.35. The van der Waals surface area contributed by atoms with Crippen LogP contribution in [0.5, 0.6) is 11.5 Å². The fourth-order valence-corrected chi connectivity index (χ4v) is 12.7. The van der Waals surface area contributed by atoms with Gasteiger partial charge in [-0.2, -0.15) is 9.90 Å². The molecule has 45 nitrogen and oxygen atoms in total. The van der Waals surface area contributed by atoms with Crippen LogP contribution < -0.4 is 58.9 Å². The van der Waals surface area contributed by atoms with Crippen molar-refractivity contribution < 1.29 is 115 Å². The Kier molecular flexibility index (Phi) is 43.6. The number of aliphatic hydroxyl groups is 1. The lowest BCUT2D eigenvalue weighted by atomic mass is 10.1. The molecule has 3 fully saturated rings. The predicted octanol–water partition coefficient (Wildman–Crippen LogP) is 7.96. The number of nitro groups is 2. The number of likely N-dealkylation sites (N-methyl/N-ethyl adjacent to an activating group) is 3. The minimum atomic E-state index is -0.978. The van der Waals surface area contributed by atoms with E-state index < -0.39 is 98.3 Å². The summed E-state index contributed by atoms with van der Waals surface area (Å²) in [5.74, 6) is -2.72. The van der Waals surface area contributed by atoms with E-state index in [1.165, 1.54) is 92.8 Å². The lowest BCUT2D eigenvalue weighted by Crippen LogP contribution is -2.44. The number of nitrogens with zero attached hydrogens (tertiary/aromatic N) is 10. The first kappa shape index (κ1) is 113. The Morgan fingerprint density at radius 3 is 1.16 bits per heavy atom. The molecule has 8 N–H and O–H groups in total. The summed E-state index contributed by atoms with van der Waals surface area (Å²) in [6, 6.07) is 24.2. The maximum absolute atomic E-state index is 12.8. The van der Waals surface area contributed by atoms with Crippen molar-refractivity contribution in [2.45, 2.75) is 175 Å². The molecule has 0 bridgehead atoms. The number of nitro benzene ring substituents is 2. The van der Waals surface area contributed by atoms with Gasteiger partial charge in [0, 0.05) is 123 Å².